The van der Waals surface area contributed by atoms with Crippen LogP contribution in [-0.4, -0.2) is 27.4 Å². The topological polar surface area (TPSA) is 29.5 Å². The van der Waals surface area contributed by atoms with Crippen molar-refractivity contribution in [1.29, 1.82) is 0 Å². The monoisotopic (exact) mass is 413 g/mol. The number of carbonyl (C=O) groups is 1. The number of amides is 1. The van der Waals surface area contributed by atoms with Gasteiger partial charge in [-0.3, -0.25) is 4.79 Å². The molecule has 0 aliphatic heterocycles. The smallest absolute Gasteiger partial charge is 0.229 e. The van der Waals surface area contributed by atoms with Crippen molar-refractivity contribution in [2.24, 2.45) is 5.92 Å². The summed E-state index contributed by atoms with van der Waals surface area (Å²) in [5, 5.41) is 0.175. The molecule has 24 heavy (non-hydrogen) atoms. The maximum atomic E-state index is 12.7. The molecule has 1 aromatic rings. The van der Waals surface area contributed by atoms with Gasteiger partial charge in [-0.1, -0.05) is 50.5 Å². The van der Waals surface area contributed by atoms with Crippen molar-refractivity contribution >= 4 is 35.8 Å². The van der Waals surface area contributed by atoms with Crippen LogP contribution in [0.3, 0.4) is 0 Å². The molecule has 0 fully saturated rings. The largest absolute Gasteiger partial charge is 0.415 e. The zero-order valence-corrected chi connectivity index (χ0v) is 19.0. The molecule has 0 spiro atoms. The first-order valence-electron chi connectivity index (χ1n) is 8.58. The first-order valence-corrected chi connectivity index (χ1v) is 12.3. The molecule has 3 nitrogen and oxygen atoms in total. The van der Waals surface area contributed by atoms with E-state index in [-0.39, 0.29) is 16.9 Å². The maximum Gasteiger partial charge on any atom is 0.229 e. The zero-order chi connectivity index (χ0) is 18.7. The van der Waals surface area contributed by atoms with Crippen LogP contribution in [0.2, 0.25) is 18.1 Å². The Kier molecular flexibility index (Phi) is 7.26. The minimum Gasteiger partial charge on any atom is -0.415 e. The standard InChI is InChI=1S/C19H32BrNO2Si/c1-14(2)18(22)21(16-9-10-17(20)15(3)13-16)11-12-23-24(7,8)19(4,5)6/h9-10,13-14H,11-12H2,1-8H3. The lowest BCUT2D eigenvalue weighted by Crippen LogP contribution is -2.44. The highest BCUT2D eigenvalue weighted by molar-refractivity contribution is 9.10. The molecule has 136 valence electrons. The summed E-state index contributed by atoms with van der Waals surface area (Å²) in [5.41, 5.74) is 2.06. The minimum absolute atomic E-state index is 0.0400. The van der Waals surface area contributed by atoms with Gasteiger partial charge in [0.1, 0.15) is 0 Å². The van der Waals surface area contributed by atoms with Crippen LogP contribution in [0.5, 0.6) is 0 Å². The fourth-order valence-corrected chi connectivity index (χ4v) is 3.36. The molecule has 0 atom stereocenters. The van der Waals surface area contributed by atoms with E-state index in [0.717, 1.165) is 15.7 Å². The normalized spacial score (nSPS) is 12.6. The average Bonchev–Trinajstić information content (AvgIpc) is 2.44. The first kappa shape index (κ1) is 21.4. The fraction of sp³-hybridized carbons (Fsp3) is 0.632. The van der Waals surface area contributed by atoms with Crippen LogP contribution in [0.1, 0.15) is 40.2 Å². The van der Waals surface area contributed by atoms with Gasteiger partial charge in [0.25, 0.3) is 0 Å². The van der Waals surface area contributed by atoms with Gasteiger partial charge in [-0.05, 0) is 48.8 Å². The molecule has 0 saturated heterocycles. The molecule has 0 bridgehead atoms. The van der Waals surface area contributed by atoms with E-state index in [1.165, 1.54) is 0 Å². The quantitative estimate of drug-likeness (QED) is 0.553. The number of anilines is 1. The number of benzene rings is 1. The van der Waals surface area contributed by atoms with E-state index in [0.29, 0.717) is 13.2 Å². The molecular formula is C19H32BrNO2Si. The highest BCUT2D eigenvalue weighted by Crippen LogP contribution is 2.36. The van der Waals surface area contributed by atoms with E-state index >= 15 is 0 Å². The third-order valence-electron chi connectivity index (χ3n) is 4.80. The predicted octanol–water partition coefficient (Wildman–Crippen LogP) is 5.77. The Morgan fingerprint density at radius 2 is 1.88 bits per heavy atom. The Labute approximate surface area is 157 Å². The van der Waals surface area contributed by atoms with Crippen LogP contribution in [-0.2, 0) is 9.22 Å². The van der Waals surface area contributed by atoms with Crippen LogP contribution in [0.15, 0.2) is 22.7 Å². The molecule has 0 aromatic heterocycles. The van der Waals surface area contributed by atoms with E-state index in [4.69, 9.17) is 4.43 Å². The van der Waals surface area contributed by atoms with Crippen LogP contribution in [0.25, 0.3) is 0 Å². The lowest BCUT2D eigenvalue weighted by atomic mass is 10.1. The second-order valence-corrected chi connectivity index (χ2v) is 13.9. The average molecular weight is 414 g/mol. The molecule has 1 rings (SSSR count). The Balaban J connectivity index is 2.92. The van der Waals surface area contributed by atoms with Crippen LogP contribution >= 0.6 is 15.9 Å². The predicted molar refractivity (Wildman–Crippen MR) is 109 cm³/mol. The summed E-state index contributed by atoms with van der Waals surface area (Å²) in [4.78, 5) is 14.5. The van der Waals surface area contributed by atoms with E-state index in [2.05, 4.69) is 55.9 Å². The number of nitrogens with zero attached hydrogens (tertiary/aromatic N) is 1. The van der Waals surface area contributed by atoms with Crippen molar-refractivity contribution in [3.63, 3.8) is 0 Å². The lowest BCUT2D eigenvalue weighted by Gasteiger charge is -2.37. The minimum atomic E-state index is -1.80. The number of halogens is 1. The van der Waals surface area contributed by atoms with Gasteiger partial charge in [0.2, 0.25) is 5.91 Å². The maximum absolute atomic E-state index is 12.7. The number of hydrogen-bond donors (Lipinski definition) is 0. The number of aryl methyl sites for hydroxylation is 1. The highest BCUT2D eigenvalue weighted by atomic mass is 79.9. The Morgan fingerprint density at radius 1 is 1.29 bits per heavy atom. The van der Waals surface area contributed by atoms with Gasteiger partial charge in [-0.25, -0.2) is 0 Å². The van der Waals surface area contributed by atoms with Gasteiger partial charge >= 0.3 is 0 Å². The zero-order valence-electron chi connectivity index (χ0n) is 16.4. The van der Waals surface area contributed by atoms with Gasteiger partial charge in [0, 0.05) is 22.6 Å². The van der Waals surface area contributed by atoms with Gasteiger partial charge in [0.05, 0.1) is 6.61 Å². The van der Waals surface area contributed by atoms with Gasteiger partial charge in [-0.2, -0.15) is 0 Å². The summed E-state index contributed by atoms with van der Waals surface area (Å²) in [7, 11) is -1.80. The molecule has 0 N–H and O–H groups in total. The van der Waals surface area contributed by atoms with E-state index in [1.54, 1.807) is 0 Å². The highest BCUT2D eigenvalue weighted by Gasteiger charge is 2.37. The van der Waals surface area contributed by atoms with Crippen molar-refractivity contribution in [3.8, 4) is 0 Å². The van der Waals surface area contributed by atoms with Crippen LogP contribution in [0, 0.1) is 12.8 Å². The summed E-state index contributed by atoms with van der Waals surface area (Å²) in [6.07, 6.45) is 0. The molecule has 0 aliphatic rings. The van der Waals surface area contributed by atoms with Gasteiger partial charge in [-0.15, -0.1) is 0 Å². The molecule has 0 unspecified atom stereocenters. The Bertz CT molecular complexity index is 579. The second kappa shape index (κ2) is 8.15. The SMILES string of the molecule is Cc1cc(N(CCO[Si](C)(C)C(C)(C)C)C(=O)C(C)C)ccc1Br. The van der Waals surface area contributed by atoms with Crippen LogP contribution in [0.4, 0.5) is 5.69 Å². The summed E-state index contributed by atoms with van der Waals surface area (Å²) in [5.74, 6) is 0.0948. The van der Waals surface area contributed by atoms with Crippen molar-refractivity contribution < 1.29 is 9.22 Å². The summed E-state index contributed by atoms with van der Waals surface area (Å²) >= 11 is 3.52. The van der Waals surface area contributed by atoms with E-state index in [9.17, 15) is 4.79 Å². The molecule has 0 radical (unpaired) electrons. The molecular weight excluding hydrogens is 382 g/mol. The number of carbonyl (C=O) groups excluding carboxylic acids is 1. The summed E-state index contributed by atoms with van der Waals surface area (Å²) in [6, 6.07) is 6.04. The molecule has 0 saturated carbocycles. The van der Waals surface area contributed by atoms with Gasteiger partial charge < -0.3 is 9.33 Å². The Morgan fingerprint density at radius 3 is 2.33 bits per heavy atom. The van der Waals surface area contributed by atoms with E-state index in [1.807, 2.05) is 37.8 Å². The lowest BCUT2D eigenvalue weighted by molar-refractivity contribution is -0.121. The van der Waals surface area contributed by atoms with Crippen LogP contribution < -0.4 is 4.90 Å². The molecule has 0 aliphatic carbocycles. The van der Waals surface area contributed by atoms with Crippen molar-refractivity contribution in [2.45, 2.75) is 59.7 Å². The molecule has 5 heteroatoms. The molecule has 0 heterocycles. The summed E-state index contributed by atoms with van der Waals surface area (Å²) < 4.78 is 7.32. The number of hydrogen-bond acceptors (Lipinski definition) is 2. The van der Waals surface area contributed by atoms with Crippen molar-refractivity contribution in [1.82, 2.24) is 0 Å². The first-order chi connectivity index (χ1) is 10.9. The Hall–Kier alpha value is -0.653. The fourth-order valence-electron chi connectivity index (χ4n) is 2.08. The summed E-state index contributed by atoms with van der Waals surface area (Å²) in [6.45, 7) is 18.3. The second-order valence-electron chi connectivity index (χ2n) is 8.19. The van der Waals surface area contributed by atoms with E-state index < -0.39 is 8.32 Å². The molecule has 1 amide bonds. The molecule has 1 aromatic carbocycles. The van der Waals surface area contributed by atoms with Crippen molar-refractivity contribution in [2.75, 3.05) is 18.1 Å². The van der Waals surface area contributed by atoms with Gasteiger partial charge in [0.15, 0.2) is 8.32 Å². The third-order valence-corrected chi connectivity index (χ3v) is 10.2. The number of rotatable bonds is 6. The van der Waals surface area contributed by atoms with Crippen molar-refractivity contribution in [3.05, 3.63) is 28.2 Å². The third kappa shape index (κ3) is 5.43.